The highest BCUT2D eigenvalue weighted by atomic mass is 32.1. The van der Waals surface area contributed by atoms with Crippen LogP contribution in [0.2, 0.25) is 0 Å². The molecule has 0 aliphatic rings. The summed E-state index contributed by atoms with van der Waals surface area (Å²) in [6.07, 6.45) is 0.703. The van der Waals surface area contributed by atoms with Crippen LogP contribution in [0.25, 0.3) is 0 Å². The zero-order valence-electron chi connectivity index (χ0n) is 13.7. The molecule has 1 N–H and O–H groups in total. The number of aryl methyl sites for hydroxylation is 2. The molecule has 0 aliphatic carbocycles. The first-order valence-electron chi connectivity index (χ1n) is 7.52. The van der Waals surface area contributed by atoms with Crippen molar-refractivity contribution in [2.24, 2.45) is 0 Å². The number of hydrogen-bond donors (Lipinski definition) is 1. The van der Waals surface area contributed by atoms with Crippen LogP contribution < -0.4 is 5.32 Å². The van der Waals surface area contributed by atoms with Crippen LogP contribution >= 0.6 is 11.3 Å². The number of nitrogens with zero attached hydrogens (tertiary/aromatic N) is 1. The van der Waals surface area contributed by atoms with E-state index < -0.39 is 5.97 Å². The van der Waals surface area contributed by atoms with E-state index >= 15 is 0 Å². The van der Waals surface area contributed by atoms with Gasteiger partial charge < -0.3 is 10.1 Å². The number of carbonyl (C=O) groups is 2. The number of rotatable bonds is 5. The average molecular weight is 332 g/mol. The Morgan fingerprint density at radius 3 is 2.61 bits per heavy atom. The molecule has 0 aliphatic heterocycles. The number of nitrogens with one attached hydrogen (secondary N) is 1. The fraction of sp³-hybridized carbons (Fsp3) is 0.353. The number of aromatic nitrogens is 1. The second kappa shape index (κ2) is 7.37. The SMILES string of the molecule is CCOC(=O)c1c(NC(=O)c2cccc(C)n2)sc(C)c1CC. The van der Waals surface area contributed by atoms with Gasteiger partial charge in [0.25, 0.3) is 5.91 Å². The van der Waals surface area contributed by atoms with Crippen molar-refractivity contribution in [1.29, 1.82) is 0 Å². The lowest BCUT2D eigenvalue weighted by Crippen LogP contribution is -2.16. The molecule has 0 bridgehead atoms. The molecule has 0 fully saturated rings. The van der Waals surface area contributed by atoms with Gasteiger partial charge in [0.1, 0.15) is 10.7 Å². The molecule has 0 radical (unpaired) electrons. The van der Waals surface area contributed by atoms with E-state index in [1.165, 1.54) is 11.3 Å². The maximum absolute atomic E-state index is 12.4. The minimum Gasteiger partial charge on any atom is -0.462 e. The van der Waals surface area contributed by atoms with Gasteiger partial charge in [-0.3, -0.25) is 4.79 Å². The number of hydrogen-bond acceptors (Lipinski definition) is 5. The maximum atomic E-state index is 12.4. The lowest BCUT2D eigenvalue weighted by molar-refractivity contribution is 0.0527. The van der Waals surface area contributed by atoms with Crippen LogP contribution in [0.3, 0.4) is 0 Å². The molecule has 6 heteroatoms. The summed E-state index contributed by atoms with van der Waals surface area (Å²) in [6, 6.07) is 5.25. The van der Waals surface area contributed by atoms with Crippen LogP contribution in [0.4, 0.5) is 5.00 Å². The monoisotopic (exact) mass is 332 g/mol. The number of thiophene rings is 1. The Kier molecular flexibility index (Phi) is 5.50. The summed E-state index contributed by atoms with van der Waals surface area (Å²) in [6.45, 7) is 7.80. The Morgan fingerprint density at radius 1 is 1.26 bits per heavy atom. The van der Waals surface area contributed by atoms with E-state index in [2.05, 4.69) is 10.3 Å². The third-order valence-corrected chi connectivity index (χ3v) is 4.45. The number of pyridine rings is 1. The summed E-state index contributed by atoms with van der Waals surface area (Å²) in [4.78, 5) is 29.8. The van der Waals surface area contributed by atoms with E-state index in [0.29, 0.717) is 29.3 Å². The van der Waals surface area contributed by atoms with Crippen molar-refractivity contribution in [3.8, 4) is 0 Å². The van der Waals surface area contributed by atoms with Crippen molar-refractivity contribution >= 4 is 28.2 Å². The molecule has 5 nitrogen and oxygen atoms in total. The number of esters is 1. The Labute approximate surface area is 139 Å². The molecule has 122 valence electrons. The minimum atomic E-state index is -0.402. The molecule has 0 saturated heterocycles. The number of carbonyl (C=O) groups excluding carboxylic acids is 2. The van der Waals surface area contributed by atoms with Gasteiger partial charge in [0, 0.05) is 10.6 Å². The zero-order chi connectivity index (χ0) is 17.0. The largest absolute Gasteiger partial charge is 0.462 e. The predicted octanol–water partition coefficient (Wildman–Crippen LogP) is 3.75. The lowest BCUT2D eigenvalue weighted by atomic mass is 10.1. The molecule has 0 saturated carbocycles. The van der Waals surface area contributed by atoms with Crippen LogP contribution in [-0.4, -0.2) is 23.5 Å². The highest BCUT2D eigenvalue weighted by molar-refractivity contribution is 7.16. The van der Waals surface area contributed by atoms with Gasteiger partial charge in [-0.15, -0.1) is 11.3 Å². The van der Waals surface area contributed by atoms with E-state index in [9.17, 15) is 9.59 Å². The highest BCUT2D eigenvalue weighted by Gasteiger charge is 2.24. The van der Waals surface area contributed by atoms with Gasteiger partial charge in [0.05, 0.1) is 12.2 Å². The molecule has 2 heterocycles. The van der Waals surface area contributed by atoms with E-state index in [-0.39, 0.29) is 5.91 Å². The van der Waals surface area contributed by atoms with Gasteiger partial charge in [-0.1, -0.05) is 13.0 Å². The average Bonchev–Trinajstić information content (AvgIpc) is 2.82. The third kappa shape index (κ3) is 3.76. The third-order valence-electron chi connectivity index (χ3n) is 3.39. The molecule has 0 atom stereocenters. The van der Waals surface area contributed by atoms with Crippen molar-refractivity contribution in [2.75, 3.05) is 11.9 Å². The molecule has 1 amide bonds. The summed E-state index contributed by atoms with van der Waals surface area (Å²) < 4.78 is 5.13. The van der Waals surface area contributed by atoms with Crippen molar-refractivity contribution in [3.63, 3.8) is 0 Å². The van der Waals surface area contributed by atoms with Crippen LogP contribution in [0.15, 0.2) is 18.2 Å². The summed E-state index contributed by atoms with van der Waals surface area (Å²) in [5.41, 5.74) is 2.46. The highest BCUT2D eigenvalue weighted by Crippen LogP contribution is 2.34. The fourth-order valence-corrected chi connectivity index (χ4v) is 3.48. The summed E-state index contributed by atoms with van der Waals surface area (Å²) in [5.74, 6) is -0.732. The number of amides is 1. The topological polar surface area (TPSA) is 68.3 Å². The van der Waals surface area contributed by atoms with Gasteiger partial charge in [-0.2, -0.15) is 0 Å². The lowest BCUT2D eigenvalue weighted by Gasteiger charge is -2.08. The van der Waals surface area contributed by atoms with Gasteiger partial charge in [-0.05, 0) is 44.9 Å². The van der Waals surface area contributed by atoms with E-state index in [1.807, 2.05) is 26.8 Å². The van der Waals surface area contributed by atoms with Crippen molar-refractivity contribution in [3.05, 3.63) is 45.6 Å². The molecule has 2 aromatic rings. The standard InChI is InChI=1S/C17H20N2O3S/c1-5-12-11(4)23-16(14(12)17(21)22-6-2)19-15(20)13-9-7-8-10(3)18-13/h7-9H,5-6H2,1-4H3,(H,19,20). The maximum Gasteiger partial charge on any atom is 0.341 e. The second-order valence-electron chi connectivity index (χ2n) is 5.03. The van der Waals surface area contributed by atoms with Crippen LogP contribution in [0.1, 0.15) is 50.8 Å². The first kappa shape index (κ1) is 17.1. The van der Waals surface area contributed by atoms with Crippen molar-refractivity contribution in [2.45, 2.75) is 34.1 Å². The smallest absolute Gasteiger partial charge is 0.341 e. The molecule has 0 unspecified atom stereocenters. The van der Waals surface area contributed by atoms with Crippen LogP contribution in [0.5, 0.6) is 0 Å². The van der Waals surface area contributed by atoms with Crippen LogP contribution in [0, 0.1) is 13.8 Å². The van der Waals surface area contributed by atoms with Gasteiger partial charge in [0.15, 0.2) is 0 Å². The molecule has 2 aromatic heterocycles. The quantitative estimate of drug-likeness (QED) is 0.847. The van der Waals surface area contributed by atoms with E-state index in [4.69, 9.17) is 4.74 Å². The number of anilines is 1. The summed E-state index contributed by atoms with van der Waals surface area (Å²) in [7, 11) is 0. The molecule has 0 spiro atoms. The summed E-state index contributed by atoms with van der Waals surface area (Å²) >= 11 is 1.39. The summed E-state index contributed by atoms with van der Waals surface area (Å²) in [5, 5.41) is 3.32. The molecular weight excluding hydrogens is 312 g/mol. The predicted molar refractivity (Wildman–Crippen MR) is 91.3 cm³/mol. The van der Waals surface area contributed by atoms with Gasteiger partial charge in [-0.25, -0.2) is 9.78 Å². The van der Waals surface area contributed by atoms with Gasteiger partial charge in [0.2, 0.25) is 0 Å². The Morgan fingerprint density at radius 2 is 2.00 bits per heavy atom. The van der Waals surface area contributed by atoms with E-state index in [0.717, 1.165) is 16.1 Å². The number of ether oxygens (including phenoxy) is 1. The van der Waals surface area contributed by atoms with Crippen molar-refractivity contribution < 1.29 is 14.3 Å². The molecular formula is C17H20N2O3S. The first-order valence-corrected chi connectivity index (χ1v) is 8.33. The van der Waals surface area contributed by atoms with Crippen molar-refractivity contribution in [1.82, 2.24) is 4.98 Å². The molecule has 2 rings (SSSR count). The van der Waals surface area contributed by atoms with Gasteiger partial charge >= 0.3 is 5.97 Å². The Hall–Kier alpha value is -2.21. The first-order chi connectivity index (χ1) is 11.0. The Bertz CT molecular complexity index is 737. The molecule has 23 heavy (non-hydrogen) atoms. The fourth-order valence-electron chi connectivity index (χ4n) is 2.35. The second-order valence-corrected chi connectivity index (χ2v) is 6.26. The minimum absolute atomic E-state index is 0.295. The van der Waals surface area contributed by atoms with E-state index in [1.54, 1.807) is 19.1 Å². The molecule has 0 aromatic carbocycles. The van der Waals surface area contributed by atoms with Crippen LogP contribution in [-0.2, 0) is 11.2 Å². The Balaban J connectivity index is 2.36. The zero-order valence-corrected chi connectivity index (χ0v) is 14.5. The normalized spacial score (nSPS) is 10.4.